The van der Waals surface area contributed by atoms with Gasteiger partial charge in [-0.2, -0.15) is 0 Å². The van der Waals surface area contributed by atoms with Gasteiger partial charge in [0, 0.05) is 15.5 Å². The fourth-order valence-corrected chi connectivity index (χ4v) is 2.78. The summed E-state index contributed by atoms with van der Waals surface area (Å²) in [6.45, 7) is 6.52. The fourth-order valence-electron chi connectivity index (χ4n) is 1.85. The van der Waals surface area contributed by atoms with Gasteiger partial charge in [-0.1, -0.05) is 49.9 Å². The standard InChI is InChI=1S/C16H19NS/c1-11(2)13-7-9-14(10-8-13)18-16-12(3)5-4-6-15(16)17/h4-11H,17H2,1-3H3. The molecule has 2 aromatic carbocycles. The first-order valence-electron chi connectivity index (χ1n) is 6.21. The molecule has 0 aliphatic rings. The van der Waals surface area contributed by atoms with Gasteiger partial charge in [0.05, 0.1) is 0 Å². The van der Waals surface area contributed by atoms with Crippen molar-refractivity contribution in [2.24, 2.45) is 0 Å². The third-order valence-corrected chi connectivity index (χ3v) is 4.28. The van der Waals surface area contributed by atoms with Crippen molar-refractivity contribution in [1.29, 1.82) is 0 Å². The third-order valence-electron chi connectivity index (χ3n) is 3.01. The highest BCUT2D eigenvalue weighted by atomic mass is 32.2. The molecule has 0 aromatic heterocycles. The van der Waals surface area contributed by atoms with Crippen molar-refractivity contribution in [3.8, 4) is 0 Å². The van der Waals surface area contributed by atoms with Gasteiger partial charge in [0.25, 0.3) is 0 Å². The number of nitrogens with two attached hydrogens (primary N) is 1. The number of nitrogen functional groups attached to an aromatic ring is 1. The molecule has 0 saturated carbocycles. The quantitative estimate of drug-likeness (QED) is 0.795. The lowest BCUT2D eigenvalue weighted by Gasteiger charge is -2.10. The van der Waals surface area contributed by atoms with Gasteiger partial charge in [-0.15, -0.1) is 0 Å². The molecule has 0 unspecified atom stereocenters. The highest BCUT2D eigenvalue weighted by Gasteiger charge is 2.05. The average Bonchev–Trinajstić information content (AvgIpc) is 2.34. The highest BCUT2D eigenvalue weighted by Crippen LogP contribution is 2.35. The predicted octanol–water partition coefficient (Wildman–Crippen LogP) is 4.85. The Labute approximate surface area is 113 Å². The topological polar surface area (TPSA) is 26.0 Å². The summed E-state index contributed by atoms with van der Waals surface area (Å²) < 4.78 is 0. The Morgan fingerprint density at radius 1 is 1.00 bits per heavy atom. The van der Waals surface area contributed by atoms with E-state index in [1.807, 2.05) is 12.1 Å². The first kappa shape index (κ1) is 13.0. The van der Waals surface area contributed by atoms with Gasteiger partial charge in [-0.3, -0.25) is 0 Å². The molecule has 1 nitrogen and oxygen atoms in total. The Kier molecular flexibility index (Phi) is 3.97. The summed E-state index contributed by atoms with van der Waals surface area (Å²) in [6.07, 6.45) is 0. The van der Waals surface area contributed by atoms with Crippen LogP contribution in [0.1, 0.15) is 30.9 Å². The average molecular weight is 257 g/mol. The van der Waals surface area contributed by atoms with Crippen LogP contribution >= 0.6 is 11.8 Å². The summed E-state index contributed by atoms with van der Waals surface area (Å²) in [7, 11) is 0. The first-order valence-corrected chi connectivity index (χ1v) is 7.02. The predicted molar refractivity (Wildman–Crippen MR) is 80.2 cm³/mol. The molecule has 2 N–H and O–H groups in total. The maximum Gasteiger partial charge on any atom is 0.0458 e. The second kappa shape index (κ2) is 5.49. The van der Waals surface area contributed by atoms with Crippen molar-refractivity contribution < 1.29 is 0 Å². The van der Waals surface area contributed by atoms with Gasteiger partial charge in [0.2, 0.25) is 0 Å². The molecular formula is C16H19NS. The van der Waals surface area contributed by atoms with E-state index in [-0.39, 0.29) is 0 Å². The van der Waals surface area contributed by atoms with E-state index in [0.717, 1.165) is 10.6 Å². The van der Waals surface area contributed by atoms with E-state index in [2.05, 4.69) is 51.1 Å². The molecule has 0 bridgehead atoms. The van der Waals surface area contributed by atoms with E-state index in [1.165, 1.54) is 16.0 Å². The lowest BCUT2D eigenvalue weighted by molar-refractivity contribution is 0.865. The van der Waals surface area contributed by atoms with Crippen LogP contribution in [-0.2, 0) is 0 Å². The van der Waals surface area contributed by atoms with Crippen LogP contribution in [0.15, 0.2) is 52.3 Å². The SMILES string of the molecule is Cc1cccc(N)c1Sc1ccc(C(C)C)cc1. The lowest BCUT2D eigenvalue weighted by Crippen LogP contribution is -1.91. The first-order chi connectivity index (χ1) is 8.58. The van der Waals surface area contributed by atoms with Gasteiger partial charge in [-0.05, 0) is 42.2 Å². The van der Waals surface area contributed by atoms with E-state index >= 15 is 0 Å². The van der Waals surface area contributed by atoms with E-state index in [1.54, 1.807) is 11.8 Å². The van der Waals surface area contributed by atoms with Crippen LogP contribution in [0.2, 0.25) is 0 Å². The van der Waals surface area contributed by atoms with E-state index in [4.69, 9.17) is 5.73 Å². The Morgan fingerprint density at radius 2 is 1.67 bits per heavy atom. The van der Waals surface area contributed by atoms with E-state index < -0.39 is 0 Å². The summed E-state index contributed by atoms with van der Waals surface area (Å²) in [5, 5.41) is 0. The Bertz CT molecular complexity index is 509. The maximum absolute atomic E-state index is 6.03. The number of benzene rings is 2. The van der Waals surface area contributed by atoms with Crippen molar-refractivity contribution in [1.82, 2.24) is 0 Å². The van der Waals surface area contributed by atoms with Crippen LogP contribution in [0, 0.1) is 6.92 Å². The molecule has 0 spiro atoms. The summed E-state index contributed by atoms with van der Waals surface area (Å²) in [5.41, 5.74) is 9.48. The molecule has 0 aliphatic heterocycles. The van der Waals surface area contributed by atoms with Crippen LogP contribution < -0.4 is 5.73 Å². The normalized spacial score (nSPS) is 10.9. The Balaban J connectivity index is 2.24. The molecule has 0 fully saturated rings. The van der Waals surface area contributed by atoms with Gasteiger partial charge >= 0.3 is 0 Å². The second-order valence-corrected chi connectivity index (χ2v) is 5.90. The van der Waals surface area contributed by atoms with E-state index in [9.17, 15) is 0 Å². The number of anilines is 1. The van der Waals surface area contributed by atoms with Crippen molar-refractivity contribution in [3.63, 3.8) is 0 Å². The molecule has 0 amide bonds. The van der Waals surface area contributed by atoms with Gasteiger partial charge in [0.1, 0.15) is 0 Å². The minimum Gasteiger partial charge on any atom is -0.398 e. The van der Waals surface area contributed by atoms with E-state index in [0.29, 0.717) is 5.92 Å². The highest BCUT2D eigenvalue weighted by molar-refractivity contribution is 7.99. The lowest BCUT2D eigenvalue weighted by atomic mass is 10.0. The largest absolute Gasteiger partial charge is 0.398 e. The van der Waals surface area contributed by atoms with Gasteiger partial charge in [0.15, 0.2) is 0 Å². The number of hydrogen-bond acceptors (Lipinski definition) is 2. The Hall–Kier alpha value is -1.41. The molecular weight excluding hydrogens is 238 g/mol. The van der Waals surface area contributed by atoms with Crippen LogP contribution in [0.5, 0.6) is 0 Å². The molecule has 2 heteroatoms. The summed E-state index contributed by atoms with van der Waals surface area (Å²) in [6, 6.07) is 14.8. The molecule has 2 rings (SSSR count). The zero-order chi connectivity index (χ0) is 13.1. The molecule has 94 valence electrons. The molecule has 0 saturated heterocycles. The van der Waals surface area contributed by atoms with Crippen LogP contribution in [0.3, 0.4) is 0 Å². The molecule has 0 atom stereocenters. The van der Waals surface area contributed by atoms with Gasteiger partial charge < -0.3 is 5.73 Å². The maximum atomic E-state index is 6.03. The minimum absolute atomic E-state index is 0.576. The summed E-state index contributed by atoms with van der Waals surface area (Å²) >= 11 is 1.74. The van der Waals surface area contributed by atoms with Crippen molar-refractivity contribution in [3.05, 3.63) is 53.6 Å². The second-order valence-electron chi connectivity index (χ2n) is 4.82. The molecule has 2 aromatic rings. The number of hydrogen-bond donors (Lipinski definition) is 1. The molecule has 0 aliphatic carbocycles. The minimum atomic E-state index is 0.576. The molecule has 0 radical (unpaired) electrons. The van der Waals surface area contributed by atoms with Crippen molar-refractivity contribution in [2.75, 3.05) is 5.73 Å². The zero-order valence-electron chi connectivity index (χ0n) is 11.1. The Morgan fingerprint density at radius 3 is 2.22 bits per heavy atom. The van der Waals surface area contributed by atoms with Crippen LogP contribution in [0.4, 0.5) is 5.69 Å². The van der Waals surface area contributed by atoms with Gasteiger partial charge in [-0.25, -0.2) is 0 Å². The zero-order valence-corrected chi connectivity index (χ0v) is 11.9. The number of aryl methyl sites for hydroxylation is 1. The molecule has 18 heavy (non-hydrogen) atoms. The smallest absolute Gasteiger partial charge is 0.0458 e. The van der Waals surface area contributed by atoms with Crippen LogP contribution in [-0.4, -0.2) is 0 Å². The number of rotatable bonds is 3. The summed E-state index contributed by atoms with van der Waals surface area (Å²) in [5.74, 6) is 0.576. The van der Waals surface area contributed by atoms with Crippen molar-refractivity contribution in [2.45, 2.75) is 36.5 Å². The summed E-state index contributed by atoms with van der Waals surface area (Å²) in [4.78, 5) is 2.40. The fraction of sp³-hybridized carbons (Fsp3) is 0.250. The monoisotopic (exact) mass is 257 g/mol. The molecule has 0 heterocycles. The van der Waals surface area contributed by atoms with Crippen molar-refractivity contribution >= 4 is 17.4 Å². The van der Waals surface area contributed by atoms with Crippen LogP contribution in [0.25, 0.3) is 0 Å². The third kappa shape index (κ3) is 2.88.